The number of ketones is 1. The number of fused-ring (bicyclic) bond motifs is 1. The van der Waals surface area contributed by atoms with E-state index in [1.165, 1.54) is 43.5 Å². The summed E-state index contributed by atoms with van der Waals surface area (Å²) < 4.78 is 44.0. The molecule has 0 saturated heterocycles. The van der Waals surface area contributed by atoms with Gasteiger partial charge >= 0.3 is 6.18 Å². The first-order valence-corrected chi connectivity index (χ1v) is 7.12. The molecule has 0 aliphatic heterocycles. The third kappa shape index (κ3) is 2.87. The number of allylic oxidation sites excluding steroid dienone is 1. The molecule has 1 aliphatic carbocycles. The van der Waals surface area contributed by atoms with Crippen molar-refractivity contribution in [2.45, 2.75) is 12.6 Å². The summed E-state index contributed by atoms with van der Waals surface area (Å²) in [5.74, 6) is -0.461. The van der Waals surface area contributed by atoms with Crippen LogP contribution in [0.25, 0.3) is 6.08 Å². The van der Waals surface area contributed by atoms with Gasteiger partial charge in [-0.25, -0.2) is 0 Å². The van der Waals surface area contributed by atoms with E-state index >= 15 is 0 Å². The lowest BCUT2D eigenvalue weighted by atomic mass is 10.0. The zero-order valence-corrected chi connectivity index (χ0v) is 12.6. The van der Waals surface area contributed by atoms with Crippen molar-refractivity contribution in [3.05, 3.63) is 64.2 Å². The zero-order valence-electron chi connectivity index (χ0n) is 12.6. The number of hydrogen-bond donors (Lipinski definition) is 1. The minimum atomic E-state index is -4.55. The molecule has 24 heavy (non-hydrogen) atoms. The largest absolute Gasteiger partial charge is 0.508 e. The summed E-state index contributed by atoms with van der Waals surface area (Å²) in [6, 6.07) is 8.07. The van der Waals surface area contributed by atoms with E-state index in [1.54, 1.807) is 0 Å². The quantitative estimate of drug-likeness (QED) is 0.836. The zero-order chi connectivity index (χ0) is 17.5. The number of aromatic hydroxyl groups is 1. The fourth-order valence-electron chi connectivity index (χ4n) is 2.76. The van der Waals surface area contributed by atoms with Crippen LogP contribution >= 0.6 is 0 Å². The average Bonchev–Trinajstić information content (AvgIpc) is 2.82. The molecule has 0 saturated carbocycles. The SMILES string of the molecule is COc1ccc(/C=C2\Cc3cc(O)ccc3C2=O)cc1C(F)(F)F. The van der Waals surface area contributed by atoms with E-state index in [0.717, 1.165) is 6.07 Å². The second kappa shape index (κ2) is 5.70. The summed E-state index contributed by atoms with van der Waals surface area (Å²) in [6.07, 6.45) is -2.84. The number of phenols is 1. The van der Waals surface area contributed by atoms with Crippen LogP contribution in [-0.2, 0) is 12.6 Å². The molecule has 0 spiro atoms. The second-order valence-electron chi connectivity index (χ2n) is 5.47. The second-order valence-corrected chi connectivity index (χ2v) is 5.47. The lowest BCUT2D eigenvalue weighted by Gasteiger charge is -2.12. The number of halogens is 3. The van der Waals surface area contributed by atoms with Gasteiger partial charge in [0, 0.05) is 17.6 Å². The Morgan fingerprint density at radius 1 is 1.17 bits per heavy atom. The molecule has 0 bridgehead atoms. The van der Waals surface area contributed by atoms with E-state index in [0.29, 0.717) is 16.7 Å². The van der Waals surface area contributed by atoms with Gasteiger partial charge in [-0.2, -0.15) is 13.2 Å². The van der Waals surface area contributed by atoms with Crippen LogP contribution in [0.5, 0.6) is 11.5 Å². The van der Waals surface area contributed by atoms with Crippen molar-refractivity contribution in [1.29, 1.82) is 0 Å². The average molecular weight is 334 g/mol. The summed E-state index contributed by atoms with van der Waals surface area (Å²) >= 11 is 0. The van der Waals surface area contributed by atoms with Crippen LogP contribution in [0.4, 0.5) is 13.2 Å². The molecule has 0 radical (unpaired) electrons. The molecule has 0 unspecified atom stereocenters. The normalized spacial score (nSPS) is 15.7. The standard InChI is InChI=1S/C18H13F3O3/c1-24-16-5-2-10(7-15(16)18(19,20)21)6-12-8-11-9-13(22)3-4-14(11)17(12)23/h2-7,9,22H,8H2,1H3/b12-6+. The maximum absolute atomic E-state index is 13.1. The van der Waals surface area contributed by atoms with Crippen molar-refractivity contribution < 1.29 is 27.8 Å². The number of methoxy groups -OCH3 is 1. The minimum absolute atomic E-state index is 0.0478. The maximum atomic E-state index is 13.1. The van der Waals surface area contributed by atoms with Gasteiger partial charge < -0.3 is 9.84 Å². The molecule has 124 valence electrons. The summed E-state index contributed by atoms with van der Waals surface area (Å²) in [4.78, 5) is 12.3. The molecule has 2 aromatic carbocycles. The third-order valence-electron chi connectivity index (χ3n) is 3.88. The molecule has 1 N–H and O–H groups in total. The van der Waals surface area contributed by atoms with Crippen molar-refractivity contribution in [3.8, 4) is 11.5 Å². The van der Waals surface area contributed by atoms with E-state index in [4.69, 9.17) is 4.74 Å². The lowest BCUT2D eigenvalue weighted by molar-refractivity contribution is -0.138. The number of hydrogen-bond acceptors (Lipinski definition) is 3. The van der Waals surface area contributed by atoms with Crippen molar-refractivity contribution in [1.82, 2.24) is 0 Å². The van der Waals surface area contributed by atoms with Crippen molar-refractivity contribution >= 4 is 11.9 Å². The molecule has 0 heterocycles. The number of ether oxygens (including phenoxy) is 1. The number of carbonyl (C=O) groups excluding carboxylic acids is 1. The highest BCUT2D eigenvalue weighted by Gasteiger charge is 2.34. The fourth-order valence-corrected chi connectivity index (χ4v) is 2.76. The van der Waals surface area contributed by atoms with E-state index < -0.39 is 11.7 Å². The number of carbonyl (C=O) groups is 1. The van der Waals surface area contributed by atoms with Gasteiger partial charge in [0.1, 0.15) is 11.5 Å². The molecule has 1 aliphatic rings. The highest BCUT2D eigenvalue weighted by Crippen LogP contribution is 2.37. The van der Waals surface area contributed by atoms with E-state index in [9.17, 15) is 23.1 Å². The molecular formula is C18H13F3O3. The number of Topliss-reactive ketones (excluding diaryl/α,β-unsaturated/α-hetero) is 1. The summed E-state index contributed by atoms with van der Waals surface area (Å²) in [7, 11) is 1.17. The first kappa shape index (κ1) is 16.1. The summed E-state index contributed by atoms with van der Waals surface area (Å²) in [5.41, 5.74) is 0.886. The Hall–Kier alpha value is -2.76. The molecule has 0 aromatic heterocycles. The smallest absolute Gasteiger partial charge is 0.419 e. The lowest BCUT2D eigenvalue weighted by Crippen LogP contribution is -2.07. The van der Waals surface area contributed by atoms with Crippen molar-refractivity contribution in [3.63, 3.8) is 0 Å². The Balaban J connectivity index is 2.00. The van der Waals surface area contributed by atoms with Crippen LogP contribution in [-0.4, -0.2) is 18.0 Å². The van der Waals surface area contributed by atoms with Gasteiger partial charge in [0.15, 0.2) is 5.78 Å². The predicted molar refractivity (Wildman–Crippen MR) is 82.1 cm³/mol. The summed E-state index contributed by atoms with van der Waals surface area (Å²) in [6.45, 7) is 0. The third-order valence-corrected chi connectivity index (χ3v) is 3.88. The Bertz CT molecular complexity index is 851. The number of benzene rings is 2. The first-order valence-electron chi connectivity index (χ1n) is 7.12. The minimum Gasteiger partial charge on any atom is -0.508 e. The van der Waals surface area contributed by atoms with Crippen LogP contribution in [0.15, 0.2) is 42.0 Å². The van der Waals surface area contributed by atoms with E-state index in [-0.39, 0.29) is 29.3 Å². The van der Waals surface area contributed by atoms with Gasteiger partial charge in [-0.1, -0.05) is 6.07 Å². The summed E-state index contributed by atoms with van der Waals surface area (Å²) in [5, 5.41) is 9.47. The first-order chi connectivity index (χ1) is 11.3. The van der Waals surface area contributed by atoms with Gasteiger partial charge in [-0.3, -0.25) is 4.79 Å². The molecule has 6 heteroatoms. The number of phenolic OH excluding ortho intramolecular Hbond substituents is 1. The van der Waals surface area contributed by atoms with E-state index in [1.807, 2.05) is 0 Å². The molecule has 2 aromatic rings. The van der Waals surface area contributed by atoms with Crippen LogP contribution in [0.2, 0.25) is 0 Å². The molecule has 0 atom stereocenters. The van der Waals surface area contributed by atoms with Crippen molar-refractivity contribution in [2.75, 3.05) is 7.11 Å². The molecular weight excluding hydrogens is 321 g/mol. The molecule has 0 fully saturated rings. The van der Waals surface area contributed by atoms with Gasteiger partial charge in [0.05, 0.1) is 12.7 Å². The Morgan fingerprint density at radius 3 is 2.58 bits per heavy atom. The monoisotopic (exact) mass is 334 g/mol. The maximum Gasteiger partial charge on any atom is 0.419 e. The Kier molecular flexibility index (Phi) is 3.83. The van der Waals surface area contributed by atoms with Gasteiger partial charge in [0.2, 0.25) is 0 Å². The fraction of sp³-hybridized carbons (Fsp3) is 0.167. The van der Waals surface area contributed by atoms with E-state index in [2.05, 4.69) is 0 Å². The highest BCUT2D eigenvalue weighted by molar-refractivity contribution is 6.15. The Morgan fingerprint density at radius 2 is 1.92 bits per heavy atom. The number of alkyl halides is 3. The van der Waals surface area contributed by atoms with Gasteiger partial charge in [-0.15, -0.1) is 0 Å². The van der Waals surface area contributed by atoms with Gasteiger partial charge in [0.25, 0.3) is 0 Å². The van der Waals surface area contributed by atoms with Crippen LogP contribution < -0.4 is 4.74 Å². The Labute approximate surface area is 136 Å². The number of rotatable bonds is 2. The molecule has 3 nitrogen and oxygen atoms in total. The molecule has 0 amide bonds. The molecule has 3 rings (SSSR count). The topological polar surface area (TPSA) is 46.5 Å². The van der Waals surface area contributed by atoms with Crippen LogP contribution in [0.3, 0.4) is 0 Å². The van der Waals surface area contributed by atoms with Gasteiger partial charge in [-0.05, 0) is 47.5 Å². The highest BCUT2D eigenvalue weighted by atomic mass is 19.4. The predicted octanol–water partition coefficient (Wildman–Crippen LogP) is 4.24. The van der Waals surface area contributed by atoms with Crippen LogP contribution in [0.1, 0.15) is 27.0 Å². The van der Waals surface area contributed by atoms with Crippen molar-refractivity contribution in [2.24, 2.45) is 0 Å². The van der Waals surface area contributed by atoms with Crippen LogP contribution in [0, 0.1) is 0 Å².